The largest absolute Gasteiger partial charge is 0.384 e. The van der Waals surface area contributed by atoms with Crippen LogP contribution in [0.2, 0.25) is 0 Å². The van der Waals surface area contributed by atoms with Crippen molar-refractivity contribution in [3.05, 3.63) is 33.2 Å². The van der Waals surface area contributed by atoms with Crippen molar-refractivity contribution in [1.29, 1.82) is 5.41 Å². The maximum atomic E-state index is 11.3. The number of nitrogen functional groups attached to an aromatic ring is 1. The van der Waals surface area contributed by atoms with E-state index in [9.17, 15) is 4.79 Å². The third-order valence-electron chi connectivity index (χ3n) is 1.62. The highest BCUT2D eigenvalue weighted by Gasteiger charge is 2.06. The van der Waals surface area contributed by atoms with Crippen LogP contribution >= 0.6 is 0 Å². The van der Waals surface area contributed by atoms with Crippen molar-refractivity contribution in [3.63, 3.8) is 0 Å². The van der Waals surface area contributed by atoms with Gasteiger partial charge < -0.3 is 10.7 Å². The van der Waals surface area contributed by atoms with Crippen LogP contribution in [0.4, 0.5) is 0 Å². The van der Waals surface area contributed by atoms with Gasteiger partial charge in [-0.1, -0.05) is 0 Å². The molecule has 0 radical (unpaired) electrons. The summed E-state index contributed by atoms with van der Waals surface area (Å²) in [6.45, 7) is 3.52. The molecular formula is C8H11N3O. The lowest BCUT2D eigenvalue weighted by atomic mass is 10.1. The Labute approximate surface area is 69.9 Å². The van der Waals surface area contributed by atoms with E-state index in [1.807, 2.05) is 0 Å². The van der Waals surface area contributed by atoms with Crippen molar-refractivity contribution in [2.75, 3.05) is 0 Å². The normalized spacial score (nSPS) is 9.83. The second kappa shape index (κ2) is 2.81. The zero-order valence-corrected chi connectivity index (χ0v) is 7.06. The minimum absolute atomic E-state index is 0.186. The van der Waals surface area contributed by atoms with Gasteiger partial charge in [0.1, 0.15) is 5.84 Å². The van der Waals surface area contributed by atoms with Gasteiger partial charge in [-0.15, -0.1) is 0 Å². The van der Waals surface area contributed by atoms with Gasteiger partial charge in [0.25, 0.3) is 0 Å². The van der Waals surface area contributed by atoms with Crippen LogP contribution < -0.4 is 11.2 Å². The Morgan fingerprint density at radius 3 is 2.58 bits per heavy atom. The smallest absolute Gasteiger partial charge is 0.192 e. The van der Waals surface area contributed by atoms with E-state index in [0.717, 1.165) is 5.69 Å². The summed E-state index contributed by atoms with van der Waals surface area (Å²) in [5.41, 5.74) is 6.72. The second-order valence-corrected chi connectivity index (χ2v) is 2.73. The molecule has 64 valence electrons. The predicted octanol–water partition coefficient (Wildman–Crippen LogP) is 0.276. The van der Waals surface area contributed by atoms with Gasteiger partial charge in [-0.2, -0.15) is 0 Å². The number of H-pyrrole nitrogens is 1. The van der Waals surface area contributed by atoms with Gasteiger partial charge in [-0.25, -0.2) is 0 Å². The molecule has 0 amide bonds. The van der Waals surface area contributed by atoms with Crippen molar-refractivity contribution in [1.82, 2.24) is 4.98 Å². The Kier molecular flexibility index (Phi) is 1.99. The fourth-order valence-electron chi connectivity index (χ4n) is 1.18. The van der Waals surface area contributed by atoms with Crippen LogP contribution in [0.3, 0.4) is 0 Å². The molecule has 0 saturated heterocycles. The van der Waals surface area contributed by atoms with Crippen molar-refractivity contribution in [2.24, 2.45) is 5.73 Å². The van der Waals surface area contributed by atoms with Gasteiger partial charge in [-0.3, -0.25) is 10.2 Å². The standard InChI is InChI=1S/C8H11N3O/c1-4-3-6(12)7(8(9)10)5(2)11-4/h3H,1-2H3,(H3,9,10)(H,11,12). The first-order valence-electron chi connectivity index (χ1n) is 3.57. The maximum Gasteiger partial charge on any atom is 0.192 e. The number of amidine groups is 1. The molecule has 0 aliphatic carbocycles. The minimum Gasteiger partial charge on any atom is -0.384 e. The van der Waals surface area contributed by atoms with Crippen molar-refractivity contribution in [2.45, 2.75) is 13.8 Å². The average Bonchev–Trinajstić information content (AvgIpc) is 1.82. The Balaban J connectivity index is 3.49. The van der Waals surface area contributed by atoms with Gasteiger partial charge in [0.2, 0.25) is 0 Å². The van der Waals surface area contributed by atoms with Gasteiger partial charge in [0.05, 0.1) is 5.56 Å². The van der Waals surface area contributed by atoms with Gasteiger partial charge >= 0.3 is 0 Å². The van der Waals surface area contributed by atoms with Crippen LogP contribution in [0.1, 0.15) is 17.0 Å². The summed E-state index contributed by atoms with van der Waals surface area (Å²) in [7, 11) is 0. The zero-order valence-electron chi connectivity index (χ0n) is 7.06. The SMILES string of the molecule is Cc1cc(=O)c(C(=N)N)c(C)[nH]1. The Bertz CT molecular complexity index is 378. The molecule has 1 aromatic rings. The number of pyridine rings is 1. The Morgan fingerprint density at radius 2 is 2.17 bits per heavy atom. The van der Waals surface area contributed by atoms with Crippen LogP contribution in [0, 0.1) is 19.3 Å². The fourth-order valence-corrected chi connectivity index (χ4v) is 1.18. The van der Waals surface area contributed by atoms with Crippen molar-refractivity contribution < 1.29 is 0 Å². The summed E-state index contributed by atoms with van der Waals surface area (Å²) >= 11 is 0. The molecule has 0 spiro atoms. The molecule has 4 heteroatoms. The highest BCUT2D eigenvalue weighted by Crippen LogP contribution is 1.98. The maximum absolute atomic E-state index is 11.3. The summed E-state index contributed by atoms with van der Waals surface area (Å²) in [6, 6.07) is 1.43. The van der Waals surface area contributed by atoms with E-state index < -0.39 is 0 Å². The molecule has 4 N–H and O–H groups in total. The van der Waals surface area contributed by atoms with E-state index >= 15 is 0 Å². The number of rotatable bonds is 1. The van der Waals surface area contributed by atoms with Crippen LogP contribution in [0.5, 0.6) is 0 Å². The number of nitrogens with one attached hydrogen (secondary N) is 2. The molecule has 0 aliphatic heterocycles. The number of nitrogens with two attached hydrogens (primary N) is 1. The molecule has 0 atom stereocenters. The quantitative estimate of drug-likeness (QED) is 0.412. The Hall–Kier alpha value is -1.58. The molecule has 1 heterocycles. The minimum atomic E-state index is -0.198. The summed E-state index contributed by atoms with van der Waals surface area (Å²) in [4.78, 5) is 14.2. The van der Waals surface area contributed by atoms with E-state index in [2.05, 4.69) is 4.98 Å². The molecule has 0 aliphatic rings. The highest BCUT2D eigenvalue weighted by atomic mass is 16.1. The van der Waals surface area contributed by atoms with E-state index in [1.165, 1.54) is 6.07 Å². The van der Waals surface area contributed by atoms with Crippen LogP contribution in [0.25, 0.3) is 0 Å². The summed E-state index contributed by atoms with van der Waals surface area (Å²) in [5.74, 6) is -0.186. The molecule has 1 aromatic heterocycles. The predicted molar refractivity (Wildman–Crippen MR) is 47.6 cm³/mol. The second-order valence-electron chi connectivity index (χ2n) is 2.73. The first-order valence-corrected chi connectivity index (χ1v) is 3.57. The first kappa shape index (κ1) is 8.52. The summed E-state index contributed by atoms with van der Waals surface area (Å²) in [5, 5.41) is 7.15. The highest BCUT2D eigenvalue weighted by molar-refractivity contribution is 5.95. The molecule has 1 rings (SSSR count). The number of aromatic nitrogens is 1. The van der Waals surface area contributed by atoms with E-state index in [1.54, 1.807) is 13.8 Å². The van der Waals surface area contributed by atoms with E-state index in [0.29, 0.717) is 5.69 Å². The van der Waals surface area contributed by atoms with E-state index in [4.69, 9.17) is 11.1 Å². The number of aromatic amines is 1. The van der Waals surface area contributed by atoms with E-state index in [-0.39, 0.29) is 16.8 Å². The monoisotopic (exact) mass is 165 g/mol. The number of hydrogen-bond donors (Lipinski definition) is 3. The molecule has 12 heavy (non-hydrogen) atoms. The molecule has 0 saturated carbocycles. The van der Waals surface area contributed by atoms with Crippen molar-refractivity contribution >= 4 is 5.84 Å². The molecule has 0 aromatic carbocycles. The molecule has 0 unspecified atom stereocenters. The lowest BCUT2D eigenvalue weighted by Crippen LogP contribution is -2.24. The third-order valence-corrected chi connectivity index (χ3v) is 1.62. The molecule has 0 bridgehead atoms. The molecule has 0 fully saturated rings. The van der Waals surface area contributed by atoms with Crippen molar-refractivity contribution in [3.8, 4) is 0 Å². The molecule has 4 nitrogen and oxygen atoms in total. The lowest BCUT2D eigenvalue weighted by molar-refractivity contribution is 1.09. The third kappa shape index (κ3) is 1.37. The zero-order chi connectivity index (χ0) is 9.30. The lowest BCUT2D eigenvalue weighted by Gasteiger charge is -2.03. The van der Waals surface area contributed by atoms with Crippen LogP contribution in [-0.2, 0) is 0 Å². The van der Waals surface area contributed by atoms with Crippen LogP contribution in [0.15, 0.2) is 10.9 Å². The fraction of sp³-hybridized carbons (Fsp3) is 0.250. The Morgan fingerprint density at radius 1 is 1.58 bits per heavy atom. The van der Waals surface area contributed by atoms with Crippen LogP contribution in [-0.4, -0.2) is 10.8 Å². The van der Waals surface area contributed by atoms with Gasteiger partial charge in [0, 0.05) is 17.5 Å². The van der Waals surface area contributed by atoms with Gasteiger partial charge in [0.15, 0.2) is 5.43 Å². The topological polar surface area (TPSA) is 82.7 Å². The number of hydrogen-bond acceptors (Lipinski definition) is 2. The number of aryl methyl sites for hydroxylation is 2. The molecular weight excluding hydrogens is 154 g/mol. The summed E-state index contributed by atoms with van der Waals surface area (Å²) in [6.07, 6.45) is 0. The van der Waals surface area contributed by atoms with Gasteiger partial charge in [-0.05, 0) is 13.8 Å². The first-order chi connectivity index (χ1) is 5.52. The summed E-state index contributed by atoms with van der Waals surface area (Å²) < 4.78 is 0. The average molecular weight is 165 g/mol.